The molecule has 162 valence electrons. The summed E-state index contributed by atoms with van der Waals surface area (Å²) in [5.41, 5.74) is 4.04. The van der Waals surface area contributed by atoms with Gasteiger partial charge in [0.1, 0.15) is 0 Å². The first-order valence-corrected chi connectivity index (χ1v) is 10.5. The van der Waals surface area contributed by atoms with Gasteiger partial charge in [-0.25, -0.2) is 0 Å². The van der Waals surface area contributed by atoms with Crippen LogP contribution in [0.4, 0.5) is 5.69 Å². The predicted octanol–water partition coefficient (Wildman–Crippen LogP) is 3.09. The Morgan fingerprint density at radius 2 is 1.90 bits per heavy atom. The van der Waals surface area contributed by atoms with Crippen LogP contribution in [0.2, 0.25) is 5.02 Å². The highest BCUT2D eigenvalue weighted by Crippen LogP contribution is 2.31. The van der Waals surface area contributed by atoms with E-state index in [1.165, 1.54) is 0 Å². The van der Waals surface area contributed by atoms with Crippen LogP contribution in [-0.4, -0.2) is 41.9 Å². The van der Waals surface area contributed by atoms with Gasteiger partial charge in [0, 0.05) is 22.1 Å². The van der Waals surface area contributed by atoms with Gasteiger partial charge in [0.15, 0.2) is 6.61 Å². The zero-order valence-electron chi connectivity index (χ0n) is 16.5. The maximum atomic E-state index is 12.3. The Kier molecular flexibility index (Phi) is 7.29. The number of ether oxygens (including phenoxy) is 1. The summed E-state index contributed by atoms with van der Waals surface area (Å²) in [6.45, 7) is 1.21. The molecule has 10 heteroatoms. The van der Waals surface area contributed by atoms with E-state index in [1.54, 1.807) is 49.4 Å². The molecule has 3 amide bonds. The highest BCUT2D eigenvalue weighted by atomic mass is 79.9. The number of benzene rings is 2. The van der Waals surface area contributed by atoms with Crippen molar-refractivity contribution in [3.8, 4) is 0 Å². The summed E-state index contributed by atoms with van der Waals surface area (Å²) in [6.07, 6.45) is -0.114. The Labute approximate surface area is 192 Å². The summed E-state index contributed by atoms with van der Waals surface area (Å²) in [5.74, 6) is -2.86. The summed E-state index contributed by atoms with van der Waals surface area (Å²) in [5, 5.41) is 4.19. The highest BCUT2D eigenvalue weighted by molar-refractivity contribution is 9.10. The lowest BCUT2D eigenvalue weighted by Crippen LogP contribution is -2.43. The van der Waals surface area contributed by atoms with E-state index in [4.69, 9.17) is 16.3 Å². The second-order valence-electron chi connectivity index (χ2n) is 6.90. The first-order valence-electron chi connectivity index (χ1n) is 9.33. The summed E-state index contributed by atoms with van der Waals surface area (Å²) < 4.78 is 5.76. The van der Waals surface area contributed by atoms with Crippen LogP contribution >= 0.6 is 27.5 Å². The van der Waals surface area contributed by atoms with E-state index in [2.05, 4.69) is 26.7 Å². The zero-order chi connectivity index (χ0) is 22.5. The maximum absolute atomic E-state index is 12.3. The second kappa shape index (κ2) is 9.93. The van der Waals surface area contributed by atoms with Gasteiger partial charge in [0.05, 0.1) is 17.5 Å². The molecule has 0 aliphatic carbocycles. The average Bonchev–Trinajstić information content (AvgIpc) is 3.13. The van der Waals surface area contributed by atoms with Crippen LogP contribution in [0.5, 0.6) is 0 Å². The fourth-order valence-electron chi connectivity index (χ4n) is 2.98. The lowest BCUT2D eigenvalue weighted by Gasteiger charge is -2.17. The number of nitrogens with zero attached hydrogens (tertiary/aromatic N) is 1. The fraction of sp³-hybridized carbons (Fsp3) is 0.238. The largest absolute Gasteiger partial charge is 0.455 e. The Balaban J connectivity index is 1.50. The number of hydrogen-bond acceptors (Lipinski definition) is 5. The standard InChI is InChI=1S/C21H19BrClN3O5/c1-12-16(8-7-15(22)19(12)23)24-17(27)11-31-21(30)14-9-18(28)26(10-14)25-20(29)13-5-3-2-4-6-13/h2-8,14H,9-11H2,1H3,(H,24,27)(H,25,29)/t14-/m1/s1. The minimum atomic E-state index is -0.778. The number of carbonyl (C=O) groups excluding carboxylic acids is 4. The van der Waals surface area contributed by atoms with Crippen molar-refractivity contribution in [2.24, 2.45) is 5.92 Å². The average molecular weight is 509 g/mol. The number of hydrogen-bond donors (Lipinski definition) is 2. The number of nitrogens with one attached hydrogen (secondary N) is 2. The molecule has 1 aliphatic rings. The van der Waals surface area contributed by atoms with Gasteiger partial charge >= 0.3 is 5.97 Å². The predicted molar refractivity (Wildman–Crippen MR) is 117 cm³/mol. The molecule has 1 saturated heterocycles. The lowest BCUT2D eigenvalue weighted by atomic mass is 10.1. The molecule has 0 bridgehead atoms. The van der Waals surface area contributed by atoms with Gasteiger partial charge in [-0.1, -0.05) is 29.8 Å². The third kappa shape index (κ3) is 5.62. The van der Waals surface area contributed by atoms with Crippen LogP contribution in [0.3, 0.4) is 0 Å². The third-order valence-corrected chi connectivity index (χ3v) is 6.07. The number of hydrazine groups is 1. The van der Waals surface area contributed by atoms with E-state index in [1.807, 2.05) is 0 Å². The van der Waals surface area contributed by atoms with Crippen LogP contribution in [0, 0.1) is 12.8 Å². The molecule has 0 saturated carbocycles. The number of halogens is 2. The Hall–Kier alpha value is -2.91. The topological polar surface area (TPSA) is 105 Å². The van der Waals surface area contributed by atoms with E-state index >= 15 is 0 Å². The van der Waals surface area contributed by atoms with Crippen molar-refractivity contribution in [2.45, 2.75) is 13.3 Å². The molecular formula is C21H19BrClN3O5. The lowest BCUT2D eigenvalue weighted by molar-refractivity contribution is -0.151. The van der Waals surface area contributed by atoms with Crippen LogP contribution in [-0.2, 0) is 19.1 Å². The third-order valence-electron chi connectivity index (χ3n) is 4.69. The molecule has 31 heavy (non-hydrogen) atoms. The SMILES string of the molecule is Cc1c(NC(=O)COC(=O)[C@@H]2CC(=O)N(NC(=O)c3ccccc3)C2)ccc(Br)c1Cl. The molecule has 0 unspecified atom stereocenters. The summed E-state index contributed by atoms with van der Waals surface area (Å²) in [7, 11) is 0. The summed E-state index contributed by atoms with van der Waals surface area (Å²) >= 11 is 9.43. The first kappa shape index (κ1) is 22.8. The normalized spacial score (nSPS) is 15.5. The van der Waals surface area contributed by atoms with Crippen molar-refractivity contribution < 1.29 is 23.9 Å². The molecule has 1 aliphatic heterocycles. The van der Waals surface area contributed by atoms with E-state index in [9.17, 15) is 19.2 Å². The monoisotopic (exact) mass is 507 g/mol. The molecule has 1 atom stereocenters. The first-order chi connectivity index (χ1) is 14.8. The van der Waals surface area contributed by atoms with Crippen LogP contribution in [0.1, 0.15) is 22.3 Å². The fourth-order valence-corrected chi connectivity index (χ4v) is 3.57. The molecule has 0 radical (unpaired) electrons. The minimum Gasteiger partial charge on any atom is -0.455 e. The van der Waals surface area contributed by atoms with Crippen molar-refractivity contribution in [1.29, 1.82) is 0 Å². The smallest absolute Gasteiger partial charge is 0.311 e. The van der Waals surface area contributed by atoms with Crippen LogP contribution in [0.25, 0.3) is 0 Å². The number of esters is 1. The molecule has 2 aromatic rings. The van der Waals surface area contributed by atoms with Gasteiger partial charge < -0.3 is 10.1 Å². The Morgan fingerprint density at radius 3 is 2.61 bits per heavy atom. The molecule has 3 rings (SSSR count). The highest BCUT2D eigenvalue weighted by Gasteiger charge is 2.36. The molecule has 1 heterocycles. The minimum absolute atomic E-state index is 0.0285. The molecule has 0 aromatic heterocycles. The van der Waals surface area contributed by atoms with Crippen molar-refractivity contribution in [3.05, 3.63) is 63.1 Å². The van der Waals surface area contributed by atoms with Crippen molar-refractivity contribution in [2.75, 3.05) is 18.5 Å². The van der Waals surface area contributed by atoms with Crippen molar-refractivity contribution >= 4 is 56.9 Å². The Bertz CT molecular complexity index is 1030. The van der Waals surface area contributed by atoms with E-state index in [0.29, 0.717) is 26.3 Å². The van der Waals surface area contributed by atoms with Crippen LogP contribution < -0.4 is 10.7 Å². The number of anilines is 1. The van der Waals surface area contributed by atoms with Gasteiger partial charge in [-0.2, -0.15) is 0 Å². The van der Waals surface area contributed by atoms with E-state index < -0.39 is 36.2 Å². The molecular weight excluding hydrogens is 490 g/mol. The number of rotatable bonds is 6. The molecule has 1 fully saturated rings. The summed E-state index contributed by atoms with van der Waals surface area (Å²) in [4.78, 5) is 48.8. The van der Waals surface area contributed by atoms with Crippen molar-refractivity contribution in [3.63, 3.8) is 0 Å². The van der Waals surface area contributed by atoms with Gasteiger partial charge in [0.2, 0.25) is 5.91 Å². The zero-order valence-corrected chi connectivity index (χ0v) is 18.8. The maximum Gasteiger partial charge on any atom is 0.311 e. The number of carbonyl (C=O) groups is 4. The molecule has 2 N–H and O–H groups in total. The quantitative estimate of drug-likeness (QED) is 0.584. The second-order valence-corrected chi connectivity index (χ2v) is 8.13. The van der Waals surface area contributed by atoms with Gasteiger partial charge in [0.25, 0.3) is 11.8 Å². The van der Waals surface area contributed by atoms with E-state index in [-0.39, 0.29) is 13.0 Å². The van der Waals surface area contributed by atoms with Gasteiger partial charge in [-0.3, -0.25) is 29.6 Å². The van der Waals surface area contributed by atoms with Gasteiger partial charge in [-0.05, 0) is 52.7 Å². The van der Waals surface area contributed by atoms with Crippen LogP contribution in [0.15, 0.2) is 46.9 Å². The Morgan fingerprint density at radius 1 is 1.19 bits per heavy atom. The summed E-state index contributed by atoms with van der Waals surface area (Å²) in [6, 6.07) is 11.8. The van der Waals surface area contributed by atoms with E-state index in [0.717, 1.165) is 5.01 Å². The molecule has 0 spiro atoms. The van der Waals surface area contributed by atoms with Crippen molar-refractivity contribution in [1.82, 2.24) is 10.4 Å². The molecule has 2 aromatic carbocycles. The van der Waals surface area contributed by atoms with Gasteiger partial charge in [-0.15, -0.1) is 0 Å². The number of amides is 3. The molecule has 8 nitrogen and oxygen atoms in total.